The zero-order chi connectivity index (χ0) is 14.3. The maximum atomic E-state index is 9.98. The van der Waals surface area contributed by atoms with E-state index in [-0.39, 0.29) is 5.75 Å². The van der Waals surface area contributed by atoms with Gasteiger partial charge in [-0.25, -0.2) is 0 Å². The van der Waals surface area contributed by atoms with E-state index >= 15 is 0 Å². The van der Waals surface area contributed by atoms with Gasteiger partial charge in [0.2, 0.25) is 0 Å². The fraction of sp³-hybridized carbons (Fsp3) is 0.294. The molecule has 0 fully saturated rings. The van der Waals surface area contributed by atoms with Crippen molar-refractivity contribution < 1.29 is 9.84 Å². The number of phenols is 1. The van der Waals surface area contributed by atoms with Crippen LogP contribution in [-0.4, -0.2) is 18.8 Å². The van der Waals surface area contributed by atoms with Crippen LogP contribution in [0.4, 0.5) is 5.69 Å². The molecular weight excluding hydrogens is 250 g/mol. The predicted octanol–water partition coefficient (Wildman–Crippen LogP) is 3.72. The number of methoxy groups -OCH3 is 1. The summed E-state index contributed by atoms with van der Waals surface area (Å²) in [6.07, 6.45) is 0. The highest BCUT2D eigenvalue weighted by atomic mass is 16.5. The molecule has 0 saturated heterocycles. The smallest absolute Gasteiger partial charge is 0.161 e. The standard InChI is InChI=1S/C17H19NO2/c1-4-18-10-12-8-15(19)16(20-3)9-14(12)13-7-5-6-11(2)17(13)18/h5-9,19H,4,10H2,1-3H3. The van der Waals surface area contributed by atoms with Gasteiger partial charge in [-0.05, 0) is 42.7 Å². The molecule has 1 heterocycles. The number of anilines is 1. The first-order valence-corrected chi connectivity index (χ1v) is 6.90. The molecule has 1 aliphatic rings. The monoisotopic (exact) mass is 269 g/mol. The highest BCUT2D eigenvalue weighted by Gasteiger charge is 2.24. The average Bonchev–Trinajstić information content (AvgIpc) is 2.45. The molecule has 1 aliphatic heterocycles. The van der Waals surface area contributed by atoms with Crippen LogP contribution in [0.2, 0.25) is 0 Å². The molecule has 1 N–H and O–H groups in total. The van der Waals surface area contributed by atoms with Gasteiger partial charge in [0.15, 0.2) is 11.5 Å². The number of nitrogens with zero attached hydrogens (tertiary/aromatic N) is 1. The Bertz CT molecular complexity index is 664. The summed E-state index contributed by atoms with van der Waals surface area (Å²) >= 11 is 0. The van der Waals surface area contributed by atoms with Gasteiger partial charge < -0.3 is 14.7 Å². The third kappa shape index (κ3) is 1.82. The molecule has 104 valence electrons. The summed E-state index contributed by atoms with van der Waals surface area (Å²) in [5.74, 6) is 0.736. The number of hydrogen-bond acceptors (Lipinski definition) is 3. The van der Waals surface area contributed by atoms with Crippen LogP contribution in [-0.2, 0) is 6.54 Å². The van der Waals surface area contributed by atoms with Gasteiger partial charge in [0.25, 0.3) is 0 Å². The largest absolute Gasteiger partial charge is 0.504 e. The van der Waals surface area contributed by atoms with Gasteiger partial charge in [0, 0.05) is 24.3 Å². The first kappa shape index (κ1) is 12.9. The number of fused-ring (bicyclic) bond motifs is 3. The van der Waals surface area contributed by atoms with Crippen molar-refractivity contribution in [3.8, 4) is 22.6 Å². The Hall–Kier alpha value is -2.16. The zero-order valence-corrected chi connectivity index (χ0v) is 12.1. The molecule has 20 heavy (non-hydrogen) atoms. The van der Waals surface area contributed by atoms with E-state index in [4.69, 9.17) is 4.74 Å². The van der Waals surface area contributed by atoms with Crippen LogP contribution < -0.4 is 9.64 Å². The molecule has 0 bridgehead atoms. The van der Waals surface area contributed by atoms with Crippen LogP contribution >= 0.6 is 0 Å². The summed E-state index contributed by atoms with van der Waals surface area (Å²) in [5.41, 5.74) is 6.08. The Labute approximate surface area is 119 Å². The highest BCUT2D eigenvalue weighted by molar-refractivity contribution is 5.86. The number of hydrogen-bond donors (Lipinski definition) is 1. The second-order valence-corrected chi connectivity index (χ2v) is 5.17. The maximum Gasteiger partial charge on any atom is 0.161 e. The Morgan fingerprint density at radius 1 is 1.25 bits per heavy atom. The summed E-state index contributed by atoms with van der Waals surface area (Å²) in [6.45, 7) is 6.07. The number of aromatic hydroxyl groups is 1. The lowest BCUT2D eigenvalue weighted by Crippen LogP contribution is -2.26. The normalized spacial score (nSPS) is 12.8. The average molecular weight is 269 g/mol. The minimum absolute atomic E-state index is 0.207. The summed E-state index contributed by atoms with van der Waals surface area (Å²) < 4.78 is 5.25. The van der Waals surface area contributed by atoms with Crippen LogP contribution in [0.15, 0.2) is 30.3 Å². The topological polar surface area (TPSA) is 32.7 Å². The molecule has 2 aromatic rings. The Balaban J connectivity index is 2.27. The number of ether oxygens (including phenoxy) is 1. The van der Waals surface area contributed by atoms with Gasteiger partial charge in [-0.2, -0.15) is 0 Å². The van der Waals surface area contributed by atoms with Crippen LogP contribution in [0.1, 0.15) is 18.1 Å². The summed E-state index contributed by atoms with van der Waals surface area (Å²) in [6, 6.07) is 10.1. The fourth-order valence-corrected chi connectivity index (χ4v) is 3.01. The van der Waals surface area contributed by atoms with Crippen molar-refractivity contribution in [1.29, 1.82) is 0 Å². The molecule has 2 aromatic carbocycles. The molecule has 0 spiro atoms. The second kappa shape index (κ2) is 4.75. The molecule has 3 rings (SSSR count). The van der Waals surface area contributed by atoms with Crippen molar-refractivity contribution in [2.45, 2.75) is 20.4 Å². The summed E-state index contributed by atoms with van der Waals surface area (Å²) in [7, 11) is 1.58. The highest BCUT2D eigenvalue weighted by Crippen LogP contribution is 2.44. The Morgan fingerprint density at radius 3 is 2.75 bits per heavy atom. The number of para-hydroxylation sites is 1. The first-order valence-electron chi connectivity index (χ1n) is 6.90. The minimum Gasteiger partial charge on any atom is -0.504 e. The van der Waals surface area contributed by atoms with Gasteiger partial charge in [-0.3, -0.25) is 0 Å². The van der Waals surface area contributed by atoms with Gasteiger partial charge >= 0.3 is 0 Å². The number of phenolic OH excluding ortho intramolecular Hbond substituents is 1. The van der Waals surface area contributed by atoms with Gasteiger partial charge in [-0.15, -0.1) is 0 Å². The van der Waals surface area contributed by atoms with Crippen molar-refractivity contribution in [3.63, 3.8) is 0 Å². The van der Waals surface area contributed by atoms with E-state index in [9.17, 15) is 5.11 Å². The van der Waals surface area contributed by atoms with E-state index in [1.165, 1.54) is 16.8 Å². The van der Waals surface area contributed by atoms with Gasteiger partial charge in [0.05, 0.1) is 7.11 Å². The SMILES string of the molecule is CCN1Cc2cc(O)c(OC)cc2-c2cccc(C)c21. The second-order valence-electron chi connectivity index (χ2n) is 5.17. The Kier molecular flexibility index (Phi) is 3.05. The van der Waals surface area contributed by atoms with Gasteiger partial charge in [-0.1, -0.05) is 18.2 Å². The van der Waals surface area contributed by atoms with Crippen LogP contribution in [0.25, 0.3) is 11.1 Å². The third-order valence-corrected chi connectivity index (χ3v) is 3.99. The molecule has 0 amide bonds. The van der Waals surface area contributed by atoms with Crippen molar-refractivity contribution >= 4 is 5.69 Å². The summed E-state index contributed by atoms with van der Waals surface area (Å²) in [4.78, 5) is 2.35. The molecule has 0 radical (unpaired) electrons. The number of rotatable bonds is 2. The molecule has 0 aliphatic carbocycles. The zero-order valence-electron chi connectivity index (χ0n) is 12.1. The van der Waals surface area contributed by atoms with Crippen LogP contribution in [0.5, 0.6) is 11.5 Å². The fourth-order valence-electron chi connectivity index (χ4n) is 3.01. The third-order valence-electron chi connectivity index (χ3n) is 3.99. The molecular formula is C17H19NO2. The minimum atomic E-state index is 0.207. The van der Waals surface area contributed by atoms with Crippen LogP contribution in [0, 0.1) is 6.92 Å². The van der Waals surface area contributed by atoms with E-state index in [0.717, 1.165) is 24.2 Å². The van der Waals surface area contributed by atoms with Crippen molar-refractivity contribution in [2.75, 3.05) is 18.6 Å². The molecule has 0 aromatic heterocycles. The molecule has 0 unspecified atom stereocenters. The van der Waals surface area contributed by atoms with E-state index < -0.39 is 0 Å². The molecule has 0 atom stereocenters. The van der Waals surface area contributed by atoms with Crippen molar-refractivity contribution in [3.05, 3.63) is 41.5 Å². The first-order chi connectivity index (χ1) is 9.65. The van der Waals surface area contributed by atoms with Crippen molar-refractivity contribution in [2.24, 2.45) is 0 Å². The summed E-state index contributed by atoms with van der Waals surface area (Å²) in [5, 5.41) is 9.98. The van der Waals surface area contributed by atoms with E-state index in [2.05, 4.69) is 36.9 Å². The van der Waals surface area contributed by atoms with E-state index in [1.54, 1.807) is 7.11 Å². The molecule has 3 nitrogen and oxygen atoms in total. The number of aryl methyl sites for hydroxylation is 1. The van der Waals surface area contributed by atoms with Crippen LogP contribution in [0.3, 0.4) is 0 Å². The predicted molar refractivity (Wildman–Crippen MR) is 81.6 cm³/mol. The van der Waals surface area contributed by atoms with E-state index in [1.807, 2.05) is 12.1 Å². The molecule has 3 heteroatoms. The lowest BCUT2D eigenvalue weighted by molar-refractivity contribution is 0.373. The quantitative estimate of drug-likeness (QED) is 0.902. The maximum absolute atomic E-state index is 9.98. The van der Waals surface area contributed by atoms with Crippen molar-refractivity contribution in [1.82, 2.24) is 0 Å². The molecule has 0 saturated carbocycles. The number of benzene rings is 2. The lowest BCUT2D eigenvalue weighted by atomic mass is 9.91. The van der Waals surface area contributed by atoms with E-state index in [0.29, 0.717) is 5.75 Å². The Morgan fingerprint density at radius 2 is 2.05 bits per heavy atom. The lowest BCUT2D eigenvalue weighted by Gasteiger charge is -2.33. The van der Waals surface area contributed by atoms with Gasteiger partial charge in [0.1, 0.15) is 0 Å².